The summed E-state index contributed by atoms with van der Waals surface area (Å²) in [5.74, 6) is 0.881. The quantitative estimate of drug-likeness (QED) is 0.539. The van der Waals surface area contributed by atoms with E-state index in [9.17, 15) is 9.59 Å². The van der Waals surface area contributed by atoms with Crippen LogP contribution in [-0.2, 0) is 4.79 Å². The molecule has 2 atom stereocenters. The Morgan fingerprint density at radius 1 is 1.19 bits per heavy atom. The van der Waals surface area contributed by atoms with Gasteiger partial charge >= 0.3 is 6.03 Å². The molecule has 8 heteroatoms. The molecule has 0 saturated heterocycles. The summed E-state index contributed by atoms with van der Waals surface area (Å²) >= 11 is 1.21. The number of urea groups is 1. The summed E-state index contributed by atoms with van der Waals surface area (Å²) in [5.41, 5.74) is 0.809. The van der Waals surface area contributed by atoms with Crippen LogP contribution in [0.4, 0.5) is 10.6 Å². The highest BCUT2D eigenvalue weighted by molar-refractivity contribution is 7.99. The fourth-order valence-electron chi connectivity index (χ4n) is 3.34. The summed E-state index contributed by atoms with van der Waals surface area (Å²) in [4.78, 5) is 33.1. The number of carbonyl (C=O) groups is 2. The molecule has 0 spiro atoms. The number of para-hydroxylation sites is 1. The lowest BCUT2D eigenvalue weighted by atomic mass is 9.86. The van der Waals surface area contributed by atoms with Gasteiger partial charge in [-0.25, -0.2) is 14.8 Å². The summed E-state index contributed by atoms with van der Waals surface area (Å²) in [5, 5.41) is 9.79. The Morgan fingerprint density at radius 3 is 2.74 bits per heavy atom. The Morgan fingerprint density at radius 2 is 1.96 bits per heavy atom. The van der Waals surface area contributed by atoms with Crippen molar-refractivity contribution < 1.29 is 9.59 Å². The predicted molar refractivity (Wildman–Crippen MR) is 108 cm³/mol. The summed E-state index contributed by atoms with van der Waals surface area (Å²) in [6, 6.07) is 7.40. The molecule has 7 nitrogen and oxygen atoms in total. The van der Waals surface area contributed by atoms with Crippen LogP contribution in [0, 0.1) is 5.92 Å². The summed E-state index contributed by atoms with van der Waals surface area (Å²) in [6.07, 6.45) is 4.40. The first-order valence-corrected chi connectivity index (χ1v) is 10.2. The third kappa shape index (κ3) is 5.09. The van der Waals surface area contributed by atoms with Gasteiger partial charge in [0.05, 0.1) is 11.3 Å². The lowest BCUT2D eigenvalue weighted by Gasteiger charge is -2.29. The lowest BCUT2D eigenvalue weighted by Crippen LogP contribution is -2.48. The van der Waals surface area contributed by atoms with E-state index < -0.39 is 6.03 Å². The third-order valence-corrected chi connectivity index (χ3v) is 5.68. The van der Waals surface area contributed by atoms with Crippen LogP contribution in [0.5, 0.6) is 0 Å². The number of nitrogens with one attached hydrogen (secondary N) is 3. The maximum atomic E-state index is 12.1. The van der Waals surface area contributed by atoms with E-state index >= 15 is 0 Å². The molecule has 0 unspecified atom stereocenters. The number of aromatic nitrogens is 2. The fraction of sp³-hybridized carbons (Fsp3) is 0.474. The Kier molecular flexibility index (Phi) is 6.49. The second-order valence-electron chi connectivity index (χ2n) is 6.80. The Hall–Kier alpha value is -2.35. The highest BCUT2D eigenvalue weighted by atomic mass is 32.2. The number of rotatable bonds is 5. The minimum atomic E-state index is -0.422. The first-order valence-electron chi connectivity index (χ1n) is 9.24. The van der Waals surface area contributed by atoms with E-state index in [1.807, 2.05) is 24.3 Å². The molecule has 0 aliphatic heterocycles. The van der Waals surface area contributed by atoms with Gasteiger partial charge in [-0.15, -0.1) is 0 Å². The molecule has 27 heavy (non-hydrogen) atoms. The van der Waals surface area contributed by atoms with Gasteiger partial charge in [0.1, 0.15) is 5.82 Å². The molecule has 1 saturated carbocycles. The van der Waals surface area contributed by atoms with Gasteiger partial charge in [0, 0.05) is 18.5 Å². The first kappa shape index (κ1) is 19.4. The zero-order valence-corrected chi connectivity index (χ0v) is 16.4. The predicted octanol–water partition coefficient (Wildman–Crippen LogP) is 3.17. The Balaban J connectivity index is 1.54. The number of carbonyl (C=O) groups excluding carboxylic acids is 2. The standard InChI is InChI=1S/C19H25N5O2S/c1-12-7-3-5-9-14(12)21-18(26)23-16(25)11-27-19-22-15-10-6-4-8-13(15)17(20-2)24-19/h4,6,8,10,12,14H,3,5,7,9,11H2,1-2H3,(H,20,22,24)(H2,21,23,25,26)/t12-,14+/m0/s1. The van der Waals surface area contributed by atoms with E-state index in [4.69, 9.17) is 0 Å². The van der Waals surface area contributed by atoms with Crippen molar-refractivity contribution >= 4 is 40.4 Å². The van der Waals surface area contributed by atoms with Gasteiger partial charge in [-0.3, -0.25) is 10.1 Å². The number of thioether (sulfide) groups is 1. The van der Waals surface area contributed by atoms with E-state index in [-0.39, 0.29) is 17.7 Å². The lowest BCUT2D eigenvalue weighted by molar-refractivity contribution is -0.117. The smallest absolute Gasteiger partial charge is 0.321 e. The highest BCUT2D eigenvalue weighted by Crippen LogP contribution is 2.24. The van der Waals surface area contributed by atoms with Crippen LogP contribution in [0.15, 0.2) is 29.4 Å². The number of benzene rings is 1. The van der Waals surface area contributed by atoms with Crippen LogP contribution in [0.3, 0.4) is 0 Å². The molecule has 144 valence electrons. The highest BCUT2D eigenvalue weighted by Gasteiger charge is 2.23. The van der Waals surface area contributed by atoms with Crippen molar-refractivity contribution in [3.8, 4) is 0 Å². The first-order chi connectivity index (χ1) is 13.1. The molecule has 2 aromatic rings. The molecule has 1 aliphatic rings. The molecule has 0 bridgehead atoms. The second-order valence-corrected chi connectivity index (χ2v) is 7.74. The average Bonchev–Trinajstić information content (AvgIpc) is 2.67. The number of amides is 3. The van der Waals surface area contributed by atoms with E-state index in [2.05, 4.69) is 32.8 Å². The topological polar surface area (TPSA) is 96.0 Å². The van der Waals surface area contributed by atoms with Gasteiger partial charge < -0.3 is 10.6 Å². The van der Waals surface area contributed by atoms with Crippen LogP contribution in [0.1, 0.15) is 32.6 Å². The molecule has 1 aromatic heterocycles. The van der Waals surface area contributed by atoms with Crippen molar-refractivity contribution in [2.45, 2.75) is 43.8 Å². The van der Waals surface area contributed by atoms with Crippen molar-refractivity contribution in [3.63, 3.8) is 0 Å². The van der Waals surface area contributed by atoms with E-state index in [0.717, 1.165) is 30.2 Å². The molecular formula is C19H25N5O2S. The number of fused-ring (bicyclic) bond motifs is 1. The third-order valence-electron chi connectivity index (χ3n) is 4.83. The molecule has 0 radical (unpaired) electrons. The van der Waals surface area contributed by atoms with Gasteiger partial charge in [0.15, 0.2) is 5.16 Å². The van der Waals surface area contributed by atoms with Gasteiger partial charge in [-0.1, -0.05) is 43.7 Å². The number of hydrogen-bond donors (Lipinski definition) is 3. The number of hydrogen-bond acceptors (Lipinski definition) is 6. The molecule has 3 rings (SSSR count). The SMILES string of the molecule is CNc1nc(SCC(=O)NC(=O)N[C@@H]2CCCC[C@@H]2C)nc2ccccc12. The van der Waals surface area contributed by atoms with E-state index in [1.54, 1.807) is 7.05 Å². The van der Waals surface area contributed by atoms with Gasteiger partial charge in [0.25, 0.3) is 0 Å². The molecule has 3 N–H and O–H groups in total. The Labute approximate surface area is 163 Å². The fourth-order valence-corrected chi connectivity index (χ4v) is 3.99. The van der Waals surface area contributed by atoms with Crippen LogP contribution < -0.4 is 16.0 Å². The van der Waals surface area contributed by atoms with Crippen molar-refractivity contribution in [3.05, 3.63) is 24.3 Å². The zero-order valence-electron chi connectivity index (χ0n) is 15.6. The Bertz CT molecular complexity index is 829. The molecular weight excluding hydrogens is 362 g/mol. The van der Waals surface area contributed by atoms with Gasteiger partial charge in [0.2, 0.25) is 5.91 Å². The maximum absolute atomic E-state index is 12.1. The number of nitrogens with zero attached hydrogens (tertiary/aromatic N) is 2. The summed E-state index contributed by atoms with van der Waals surface area (Å²) in [6.45, 7) is 2.14. The van der Waals surface area contributed by atoms with Crippen LogP contribution >= 0.6 is 11.8 Å². The molecule has 1 heterocycles. The molecule has 3 amide bonds. The number of imide groups is 1. The van der Waals surface area contributed by atoms with Crippen molar-refractivity contribution in [1.82, 2.24) is 20.6 Å². The van der Waals surface area contributed by atoms with Crippen LogP contribution in [0.25, 0.3) is 10.9 Å². The van der Waals surface area contributed by atoms with Crippen molar-refractivity contribution in [2.75, 3.05) is 18.1 Å². The monoisotopic (exact) mass is 387 g/mol. The summed E-state index contributed by atoms with van der Waals surface area (Å²) in [7, 11) is 1.80. The molecule has 1 fully saturated rings. The largest absolute Gasteiger partial charge is 0.372 e. The van der Waals surface area contributed by atoms with Crippen LogP contribution in [0.2, 0.25) is 0 Å². The van der Waals surface area contributed by atoms with E-state index in [0.29, 0.717) is 16.9 Å². The van der Waals surface area contributed by atoms with Crippen LogP contribution in [-0.4, -0.2) is 40.7 Å². The number of anilines is 1. The second kappa shape index (κ2) is 9.03. The summed E-state index contributed by atoms with van der Waals surface area (Å²) < 4.78 is 0. The van der Waals surface area contributed by atoms with Gasteiger partial charge in [-0.2, -0.15) is 0 Å². The minimum Gasteiger partial charge on any atom is -0.372 e. The zero-order chi connectivity index (χ0) is 19.2. The van der Waals surface area contributed by atoms with Crippen molar-refractivity contribution in [2.24, 2.45) is 5.92 Å². The van der Waals surface area contributed by atoms with E-state index in [1.165, 1.54) is 18.2 Å². The minimum absolute atomic E-state index is 0.0785. The van der Waals surface area contributed by atoms with Crippen molar-refractivity contribution in [1.29, 1.82) is 0 Å². The normalized spacial score (nSPS) is 19.5. The average molecular weight is 388 g/mol. The molecule has 1 aromatic carbocycles. The maximum Gasteiger partial charge on any atom is 0.321 e. The molecule has 1 aliphatic carbocycles. The van der Waals surface area contributed by atoms with Gasteiger partial charge in [-0.05, 0) is 30.9 Å².